The second kappa shape index (κ2) is 10.7. The van der Waals surface area contributed by atoms with E-state index < -0.39 is 77.7 Å². The third kappa shape index (κ3) is 5.05. The van der Waals surface area contributed by atoms with Crippen LogP contribution in [0.3, 0.4) is 0 Å². The van der Waals surface area contributed by atoms with Gasteiger partial charge in [0.25, 0.3) is 15.0 Å². The van der Waals surface area contributed by atoms with Crippen molar-refractivity contribution in [2.45, 2.75) is 49.2 Å². The van der Waals surface area contributed by atoms with Gasteiger partial charge in [-0.15, -0.1) is 0 Å². The van der Waals surface area contributed by atoms with E-state index in [0.717, 1.165) is 20.2 Å². The zero-order valence-corrected chi connectivity index (χ0v) is 24.2. The smallest absolute Gasteiger partial charge is 0.382 e. The Hall–Kier alpha value is -3.20. The first-order chi connectivity index (χ1) is 20.9. The monoisotopic (exact) mass is 658 g/mol. The standard InChI is InChI=1S/C20H23BF2N10O9P2/c21-43(34)37-2-8-13(10(23)19(40-8)32-5-30-11-15(24)26-3-28-17(11)32)42-44(35,36)38-1-7-9(22)14(41-43)20(39-7)33-6-31-12-16(25)27-4-29-18(12)33/h3-10,13-14,19-20H,1-2,21H2,(H,35,36)(H2,24,26,28)(H2,25,27,29)/t7-,8-,9-,10-,13-,14-,19-,20-,43+/m1/s1. The fourth-order valence-electron chi connectivity index (χ4n) is 5.27. The van der Waals surface area contributed by atoms with E-state index in [1.54, 1.807) is 0 Å². The van der Waals surface area contributed by atoms with E-state index in [2.05, 4.69) is 29.9 Å². The van der Waals surface area contributed by atoms with E-state index in [1.165, 1.54) is 21.8 Å². The van der Waals surface area contributed by atoms with Crippen LogP contribution in [0.2, 0.25) is 0 Å². The second-order valence-corrected chi connectivity index (χ2v) is 13.6. The molecule has 0 saturated carbocycles. The first kappa shape index (κ1) is 29.5. The summed E-state index contributed by atoms with van der Waals surface area (Å²) in [6.45, 7) is -1.51. The number of hydrogen-bond donors (Lipinski definition) is 3. The number of phosphoric ester groups is 1. The summed E-state index contributed by atoms with van der Waals surface area (Å²) in [6.07, 6.45) is -8.68. The van der Waals surface area contributed by atoms with Crippen LogP contribution in [0, 0.1) is 0 Å². The van der Waals surface area contributed by atoms with Crippen LogP contribution in [-0.4, -0.2) is 101 Å². The van der Waals surface area contributed by atoms with Gasteiger partial charge < -0.3 is 34.9 Å². The Kier molecular flexibility index (Phi) is 7.18. The molecule has 7 rings (SSSR count). The molecule has 0 aromatic carbocycles. The lowest BCUT2D eigenvalue weighted by Gasteiger charge is -2.26. The number of ether oxygens (including phenoxy) is 2. The van der Waals surface area contributed by atoms with E-state index in [1.807, 2.05) is 0 Å². The fraction of sp³-hybridized carbons (Fsp3) is 0.500. The first-order valence-corrected chi connectivity index (χ1v) is 16.4. The number of fused-ring (bicyclic) bond motifs is 5. The van der Waals surface area contributed by atoms with Gasteiger partial charge in [-0.1, -0.05) is 0 Å². The number of hydrogen-bond acceptors (Lipinski definition) is 16. The summed E-state index contributed by atoms with van der Waals surface area (Å²) in [5, 5.41) is 0. The number of anilines is 2. The third-order valence-corrected chi connectivity index (χ3v) is 9.53. The van der Waals surface area contributed by atoms with Crippen LogP contribution in [0.1, 0.15) is 12.5 Å². The molecule has 1 unspecified atom stereocenters. The highest BCUT2D eigenvalue weighted by atomic mass is 31.2. The van der Waals surface area contributed by atoms with Gasteiger partial charge in [-0.3, -0.25) is 22.7 Å². The Bertz CT molecular complexity index is 1840. The molecule has 0 aliphatic carbocycles. The van der Waals surface area contributed by atoms with Crippen LogP contribution in [-0.2, 0) is 36.7 Å². The van der Waals surface area contributed by atoms with Crippen LogP contribution >= 0.6 is 15.3 Å². The number of nitrogens with two attached hydrogens (primary N) is 2. The lowest BCUT2D eigenvalue weighted by Crippen LogP contribution is -2.34. The van der Waals surface area contributed by atoms with Crippen molar-refractivity contribution in [1.82, 2.24) is 39.0 Å². The zero-order valence-electron chi connectivity index (χ0n) is 22.4. The lowest BCUT2D eigenvalue weighted by molar-refractivity contribution is -0.0613. The molecule has 7 heterocycles. The molecule has 44 heavy (non-hydrogen) atoms. The molecule has 24 heteroatoms. The molecule has 234 valence electrons. The minimum atomic E-state index is -5.09. The molecule has 4 aromatic heterocycles. The molecule has 3 aliphatic heterocycles. The summed E-state index contributed by atoms with van der Waals surface area (Å²) >= 11 is 0. The predicted octanol–water partition coefficient (Wildman–Crippen LogP) is -0.0396. The Morgan fingerprint density at radius 3 is 2.00 bits per heavy atom. The maximum Gasteiger partial charge on any atom is 0.472 e. The second-order valence-electron chi connectivity index (χ2n) is 10.2. The van der Waals surface area contributed by atoms with Gasteiger partial charge >= 0.3 is 7.82 Å². The number of phosphoric acid groups is 1. The van der Waals surface area contributed by atoms with Gasteiger partial charge in [-0.25, -0.2) is 43.2 Å². The molecule has 3 fully saturated rings. The average Bonchev–Trinajstić information content (AvgIpc) is 3.73. The summed E-state index contributed by atoms with van der Waals surface area (Å²) < 4.78 is 93.7. The molecular weight excluding hydrogens is 635 g/mol. The molecule has 2 bridgehead atoms. The summed E-state index contributed by atoms with van der Waals surface area (Å²) in [5.74, 6) is 0.0728. The number of alkyl halides is 2. The number of nitrogens with zero attached hydrogens (tertiary/aromatic N) is 8. The highest BCUT2D eigenvalue weighted by Gasteiger charge is 2.54. The van der Waals surface area contributed by atoms with Crippen LogP contribution < -0.4 is 11.5 Å². The maximum atomic E-state index is 15.9. The highest BCUT2D eigenvalue weighted by molar-refractivity contribution is 7.79. The van der Waals surface area contributed by atoms with Gasteiger partial charge in [0.1, 0.15) is 48.1 Å². The third-order valence-electron chi connectivity index (χ3n) is 7.30. The van der Waals surface area contributed by atoms with Crippen LogP contribution in [0.5, 0.6) is 0 Å². The van der Waals surface area contributed by atoms with Crippen molar-refractivity contribution in [1.29, 1.82) is 0 Å². The Labute approximate surface area is 245 Å². The van der Waals surface area contributed by atoms with Crippen molar-refractivity contribution in [2.75, 3.05) is 24.7 Å². The fourth-order valence-corrected chi connectivity index (χ4v) is 7.37. The van der Waals surface area contributed by atoms with Gasteiger partial charge in [0, 0.05) is 0 Å². The largest absolute Gasteiger partial charge is 0.472 e. The summed E-state index contributed by atoms with van der Waals surface area (Å²) in [7, 11) is -8.19. The number of halogens is 2. The van der Waals surface area contributed by atoms with Crippen molar-refractivity contribution >= 4 is 56.8 Å². The van der Waals surface area contributed by atoms with Gasteiger partial charge in [-0.05, 0) is 0 Å². The molecule has 19 nitrogen and oxygen atoms in total. The van der Waals surface area contributed by atoms with Crippen molar-refractivity contribution in [3.05, 3.63) is 25.3 Å². The Balaban J connectivity index is 1.20. The maximum absolute atomic E-state index is 15.9. The first-order valence-electron chi connectivity index (χ1n) is 12.9. The molecule has 0 radical (unpaired) electrons. The highest BCUT2D eigenvalue weighted by Crippen LogP contribution is 2.54. The van der Waals surface area contributed by atoms with Gasteiger partial charge in [0.05, 0.1) is 25.9 Å². The SMILES string of the molecule is B[P@]1(=O)OC[C@H]2O[C@@H](n3cnc4c(N)ncnc43)[C@H](F)[C@@H]2OP(=O)(O)OC[C@H]2O[C@@H](n3cnc4c(N)ncnc43)[C@H](O1)[C@@H]2F. The van der Waals surface area contributed by atoms with Crippen LogP contribution in [0.4, 0.5) is 20.4 Å². The van der Waals surface area contributed by atoms with Crippen molar-refractivity contribution < 1.29 is 50.4 Å². The Morgan fingerprint density at radius 1 is 0.795 bits per heavy atom. The summed E-state index contributed by atoms with van der Waals surface area (Å²) in [5.41, 5.74) is 12.3. The van der Waals surface area contributed by atoms with Crippen LogP contribution in [0.25, 0.3) is 22.3 Å². The van der Waals surface area contributed by atoms with Crippen molar-refractivity contribution in [3.63, 3.8) is 0 Å². The molecule has 10 atom stereocenters. The number of aromatic nitrogens is 8. The normalized spacial score (nSPS) is 38.2. The van der Waals surface area contributed by atoms with Gasteiger partial charge in [0.15, 0.2) is 47.7 Å². The van der Waals surface area contributed by atoms with E-state index >= 15 is 8.78 Å². The van der Waals surface area contributed by atoms with Crippen molar-refractivity contribution in [3.8, 4) is 0 Å². The molecule has 3 aliphatic rings. The van der Waals surface area contributed by atoms with E-state index in [9.17, 15) is 14.0 Å². The molecule has 0 spiro atoms. The number of imidazole rings is 2. The molecule has 4 aromatic rings. The minimum absolute atomic E-state index is 0.0301. The lowest BCUT2D eigenvalue weighted by atomic mass is 10.1. The van der Waals surface area contributed by atoms with E-state index in [4.69, 9.17) is 39.0 Å². The van der Waals surface area contributed by atoms with Crippen LogP contribution in [0.15, 0.2) is 25.3 Å². The van der Waals surface area contributed by atoms with E-state index in [-0.39, 0.29) is 34.0 Å². The van der Waals surface area contributed by atoms with Gasteiger partial charge in [0.2, 0.25) is 0 Å². The zero-order chi connectivity index (χ0) is 31.0. The molecule has 5 N–H and O–H groups in total. The number of nitrogen functional groups attached to an aromatic ring is 2. The molecule has 3 saturated heterocycles. The molecular formula is C20H23BF2N10O9P2. The van der Waals surface area contributed by atoms with Crippen molar-refractivity contribution in [2.24, 2.45) is 0 Å². The van der Waals surface area contributed by atoms with Gasteiger partial charge in [-0.2, -0.15) is 0 Å². The van der Waals surface area contributed by atoms with E-state index in [0.29, 0.717) is 0 Å². The average molecular weight is 658 g/mol. The predicted molar refractivity (Wildman–Crippen MR) is 145 cm³/mol. The Morgan fingerprint density at radius 2 is 1.36 bits per heavy atom. The summed E-state index contributed by atoms with van der Waals surface area (Å²) in [6, 6.07) is 0. The summed E-state index contributed by atoms with van der Waals surface area (Å²) in [4.78, 5) is 34.6. The number of rotatable bonds is 2. The minimum Gasteiger partial charge on any atom is -0.382 e. The molecule has 0 amide bonds. The quantitative estimate of drug-likeness (QED) is 0.189. The topological polar surface area (TPSA) is 249 Å².